The molecule has 0 bridgehead atoms. The van der Waals surface area contributed by atoms with Gasteiger partial charge in [-0.25, -0.2) is 4.79 Å². The van der Waals surface area contributed by atoms with Crippen molar-refractivity contribution in [2.24, 2.45) is 50.2 Å². The van der Waals surface area contributed by atoms with E-state index in [0.717, 1.165) is 38.5 Å². The van der Waals surface area contributed by atoms with E-state index in [1.54, 1.807) is 0 Å². The van der Waals surface area contributed by atoms with Gasteiger partial charge < -0.3 is 84.6 Å². The van der Waals surface area contributed by atoms with Gasteiger partial charge in [0.25, 0.3) is 0 Å². The van der Waals surface area contributed by atoms with Gasteiger partial charge in [-0.1, -0.05) is 60.1 Å². The molecule has 0 radical (unpaired) electrons. The predicted octanol–water partition coefficient (Wildman–Crippen LogP) is 0.799. The molecule has 3 saturated heterocycles. The van der Waals surface area contributed by atoms with Gasteiger partial charge in [0.05, 0.1) is 24.7 Å². The number of allylic oxidation sites excluding steroid dienone is 2. The minimum Gasteiger partial charge on any atom is -0.481 e. The summed E-state index contributed by atoms with van der Waals surface area (Å²) in [5, 5.41) is 117. The SMILES string of the molecule is CC1(C)CC[C@]2(C(=O)O)CC[C@]3(C)C(=CC[C@@H]4[C@@]5(C)CC[C@H](O[C@@H]6O[C@H](C(=O)O)[C@@H](O)[C@H](O[C@@H]7O[C@H](CO)[C@@H](O)[C@H](O)[C@H]7O)[C@H]6O[C@@H]6O[C@H](CO)[C@H](O)[C@H](O)[C@H]6O)C(C)(C)[C@@H]5CC[C@]43C)[C@@H]2C1. The van der Waals surface area contributed by atoms with Crippen molar-refractivity contribution in [2.45, 2.75) is 211 Å². The zero-order valence-electron chi connectivity index (χ0n) is 39.7. The lowest BCUT2D eigenvalue weighted by Crippen LogP contribution is -2.68. The van der Waals surface area contributed by atoms with E-state index in [-0.39, 0.29) is 39.4 Å². The van der Waals surface area contributed by atoms with E-state index < -0.39 is 134 Å². The number of carbonyl (C=O) groups is 2. The van der Waals surface area contributed by atoms with Crippen molar-refractivity contribution in [1.82, 2.24) is 0 Å². The molecule has 5 aliphatic carbocycles. The number of carboxylic acid groups (broad SMARTS) is 2. The largest absolute Gasteiger partial charge is 0.481 e. The van der Waals surface area contributed by atoms with Crippen LogP contribution in [0.1, 0.15) is 113 Å². The summed E-state index contributed by atoms with van der Waals surface area (Å²) < 4.78 is 36.4. The summed E-state index contributed by atoms with van der Waals surface area (Å²) >= 11 is 0. The number of fused-ring (bicyclic) bond motifs is 7. The van der Waals surface area contributed by atoms with Gasteiger partial charge in [0, 0.05) is 0 Å². The van der Waals surface area contributed by atoms with Gasteiger partial charge >= 0.3 is 11.9 Å². The van der Waals surface area contributed by atoms with Crippen molar-refractivity contribution in [1.29, 1.82) is 0 Å². The van der Waals surface area contributed by atoms with Gasteiger partial charge in [-0.3, -0.25) is 4.79 Å². The smallest absolute Gasteiger partial charge is 0.335 e. The molecule has 67 heavy (non-hydrogen) atoms. The molecule has 0 amide bonds. The topological polar surface area (TPSA) is 312 Å². The Morgan fingerprint density at radius 1 is 0.627 bits per heavy atom. The fourth-order valence-corrected chi connectivity index (χ4v) is 15.1. The Hall–Kier alpha value is -1.92. The molecule has 19 nitrogen and oxygen atoms in total. The van der Waals surface area contributed by atoms with Crippen molar-refractivity contribution in [2.75, 3.05) is 13.2 Å². The molecule has 4 saturated carbocycles. The molecule has 3 heterocycles. The third-order valence-electron chi connectivity index (χ3n) is 19.3. The van der Waals surface area contributed by atoms with Crippen molar-refractivity contribution in [3.63, 3.8) is 0 Å². The predicted molar refractivity (Wildman–Crippen MR) is 231 cm³/mol. The number of hydrogen-bond donors (Lipinski definition) is 11. The zero-order chi connectivity index (χ0) is 49.1. The summed E-state index contributed by atoms with van der Waals surface area (Å²) in [4.78, 5) is 26.0. The Labute approximate surface area is 391 Å². The average molecular weight is 957 g/mol. The lowest BCUT2D eigenvalue weighted by atomic mass is 9.33. The minimum absolute atomic E-state index is 0.0299. The van der Waals surface area contributed by atoms with Crippen LogP contribution in [0, 0.1) is 50.2 Å². The van der Waals surface area contributed by atoms with Crippen LogP contribution in [-0.2, 0) is 38.0 Å². The number of hydrogen-bond acceptors (Lipinski definition) is 17. The van der Waals surface area contributed by atoms with E-state index in [1.807, 2.05) is 0 Å². The van der Waals surface area contributed by atoms with Crippen molar-refractivity contribution in [3.05, 3.63) is 11.6 Å². The molecule has 23 atom stereocenters. The van der Waals surface area contributed by atoms with Gasteiger partial charge in [-0.2, -0.15) is 0 Å². The van der Waals surface area contributed by atoms with Gasteiger partial charge in [-0.05, 0) is 109 Å². The Kier molecular flexibility index (Phi) is 13.8. The maximum absolute atomic E-state index is 13.2. The molecule has 19 heteroatoms. The van der Waals surface area contributed by atoms with E-state index >= 15 is 0 Å². The van der Waals surface area contributed by atoms with Crippen LogP contribution in [0.5, 0.6) is 0 Å². The van der Waals surface area contributed by atoms with Crippen LogP contribution < -0.4 is 0 Å². The normalized spacial score (nSPS) is 52.7. The molecule has 3 aliphatic heterocycles. The molecule has 382 valence electrons. The lowest BCUT2D eigenvalue weighted by Gasteiger charge is -2.71. The number of carboxylic acids is 2. The third kappa shape index (κ3) is 8.06. The molecule has 0 spiro atoms. The van der Waals surface area contributed by atoms with Crippen LogP contribution in [0.4, 0.5) is 0 Å². The van der Waals surface area contributed by atoms with Crippen LogP contribution in [-0.4, -0.2) is 180 Å². The molecule has 8 rings (SSSR count). The summed E-state index contributed by atoms with van der Waals surface area (Å²) in [5.41, 5.74) is -0.618. The standard InChI is InChI=1S/C48H76O19/c1-43(2)14-16-48(42(60)61)17-15-46(6)21(22(48)18-43)8-9-26-45(5)12-11-27(44(3,4)25(45)10-13-47(26,46)7)64-41-37(67-40-33(56)31(54)29(52)24(20-50)63-40)35(34(57)36(66-41)38(58)59)65-39-32(55)30(53)28(51)23(19-49)62-39/h8,22-37,39-41,49-57H,9-20H2,1-7H3,(H,58,59)(H,60,61)/t22-,23+,24+,25-,26+,27-,28+,29-,30-,31-,32+,33+,34-,35-,36-,37+,39-,40-,41+,45-,46+,47+,48-/m0/s1. The fourth-order valence-electron chi connectivity index (χ4n) is 15.1. The van der Waals surface area contributed by atoms with E-state index in [0.29, 0.717) is 25.7 Å². The number of ether oxygens (including phenoxy) is 6. The van der Waals surface area contributed by atoms with Crippen LogP contribution >= 0.6 is 0 Å². The van der Waals surface area contributed by atoms with Crippen LogP contribution in [0.2, 0.25) is 0 Å². The molecule has 0 aromatic carbocycles. The monoisotopic (exact) mass is 956 g/mol. The molecular weight excluding hydrogens is 881 g/mol. The molecule has 0 aromatic rings. The summed E-state index contributed by atoms with van der Waals surface area (Å²) in [6, 6.07) is 0. The highest BCUT2D eigenvalue weighted by Crippen LogP contribution is 2.76. The molecule has 0 aromatic heterocycles. The second-order valence-electron chi connectivity index (χ2n) is 23.5. The maximum atomic E-state index is 13.2. The van der Waals surface area contributed by atoms with Gasteiger partial charge in [0.2, 0.25) is 0 Å². The van der Waals surface area contributed by atoms with Gasteiger partial charge in [-0.15, -0.1) is 0 Å². The first-order valence-electron chi connectivity index (χ1n) is 24.3. The van der Waals surface area contributed by atoms with Crippen molar-refractivity contribution < 1.29 is 94.2 Å². The number of aliphatic hydroxyl groups is 9. The number of aliphatic carboxylic acids is 2. The maximum Gasteiger partial charge on any atom is 0.335 e. The third-order valence-corrected chi connectivity index (χ3v) is 19.3. The Bertz CT molecular complexity index is 1870. The first-order valence-corrected chi connectivity index (χ1v) is 24.3. The average Bonchev–Trinajstić information content (AvgIpc) is 3.26. The highest BCUT2D eigenvalue weighted by molar-refractivity contribution is 5.76. The van der Waals surface area contributed by atoms with Crippen LogP contribution in [0.3, 0.4) is 0 Å². The van der Waals surface area contributed by atoms with Gasteiger partial charge in [0.1, 0.15) is 67.1 Å². The van der Waals surface area contributed by atoms with E-state index in [2.05, 4.69) is 54.5 Å². The second-order valence-corrected chi connectivity index (χ2v) is 23.5. The van der Waals surface area contributed by atoms with Crippen molar-refractivity contribution in [3.8, 4) is 0 Å². The fraction of sp³-hybridized carbons (Fsp3) is 0.917. The Morgan fingerprint density at radius 3 is 1.75 bits per heavy atom. The number of aliphatic hydroxyl groups excluding tert-OH is 9. The first kappa shape index (κ1) is 51.4. The summed E-state index contributed by atoms with van der Waals surface area (Å²) in [6.07, 6.45) is -18.3. The van der Waals surface area contributed by atoms with Gasteiger partial charge in [0.15, 0.2) is 25.0 Å². The molecule has 11 N–H and O–H groups in total. The molecule has 7 fully saturated rings. The van der Waals surface area contributed by atoms with E-state index in [1.165, 1.54) is 5.57 Å². The molecular formula is C48H76O19. The Morgan fingerprint density at radius 2 is 1.19 bits per heavy atom. The minimum atomic E-state index is -2.12. The highest BCUT2D eigenvalue weighted by Gasteiger charge is 2.70. The number of rotatable bonds is 10. The molecule has 8 aliphatic rings. The Balaban J connectivity index is 1.11. The van der Waals surface area contributed by atoms with E-state index in [9.17, 15) is 65.8 Å². The quantitative estimate of drug-likeness (QED) is 0.107. The van der Waals surface area contributed by atoms with Crippen LogP contribution in [0.15, 0.2) is 11.6 Å². The second kappa shape index (κ2) is 18.0. The summed E-state index contributed by atoms with van der Waals surface area (Å²) in [5.74, 6) is -2.06. The molecule has 0 unspecified atom stereocenters. The zero-order valence-corrected chi connectivity index (χ0v) is 39.7. The van der Waals surface area contributed by atoms with Crippen LogP contribution in [0.25, 0.3) is 0 Å². The van der Waals surface area contributed by atoms with Crippen molar-refractivity contribution >= 4 is 11.9 Å². The lowest BCUT2D eigenvalue weighted by molar-refractivity contribution is -0.396. The van der Waals surface area contributed by atoms with E-state index in [4.69, 9.17) is 28.4 Å². The summed E-state index contributed by atoms with van der Waals surface area (Å²) in [7, 11) is 0. The summed E-state index contributed by atoms with van der Waals surface area (Å²) in [6.45, 7) is 14.2. The highest BCUT2D eigenvalue weighted by atomic mass is 16.8. The first-order chi connectivity index (χ1) is 31.2.